The van der Waals surface area contributed by atoms with E-state index in [1.807, 2.05) is 13.0 Å². The van der Waals surface area contributed by atoms with Crippen LogP contribution in [-0.2, 0) is 15.3 Å². The molecule has 5 heteroatoms. The second-order valence-electron chi connectivity index (χ2n) is 3.61. The Balaban J connectivity index is 2.50. The van der Waals surface area contributed by atoms with Gasteiger partial charge in [0.15, 0.2) is 0 Å². The van der Waals surface area contributed by atoms with Gasteiger partial charge < -0.3 is 4.74 Å². The van der Waals surface area contributed by atoms with Crippen molar-refractivity contribution in [3.63, 3.8) is 0 Å². The maximum Gasteiger partial charge on any atom is 0.306 e. The summed E-state index contributed by atoms with van der Waals surface area (Å²) >= 11 is 4.81. The van der Waals surface area contributed by atoms with Gasteiger partial charge in [-0.05, 0) is 27.6 Å². The molecule has 0 fully saturated rings. The predicted octanol–water partition coefficient (Wildman–Crippen LogP) is 3.77. The summed E-state index contributed by atoms with van der Waals surface area (Å²) < 4.78 is 18.3. The SMILES string of the molecule is COC(=O)CC(C)SCc1cccc(F)c1Br. The Kier molecular flexibility index (Phi) is 5.98. The first-order valence-electron chi connectivity index (χ1n) is 5.16. The van der Waals surface area contributed by atoms with Gasteiger partial charge in [0.2, 0.25) is 0 Å². The average molecular weight is 321 g/mol. The lowest BCUT2D eigenvalue weighted by molar-refractivity contribution is -0.140. The Hall–Kier alpha value is -0.550. The van der Waals surface area contributed by atoms with Gasteiger partial charge in [0.25, 0.3) is 0 Å². The molecule has 1 unspecified atom stereocenters. The molecule has 0 radical (unpaired) electrons. The van der Waals surface area contributed by atoms with Crippen LogP contribution >= 0.6 is 27.7 Å². The van der Waals surface area contributed by atoms with E-state index in [9.17, 15) is 9.18 Å². The summed E-state index contributed by atoms with van der Waals surface area (Å²) in [5.41, 5.74) is 0.895. The van der Waals surface area contributed by atoms with E-state index in [1.165, 1.54) is 13.2 Å². The maximum absolute atomic E-state index is 13.2. The molecule has 0 spiro atoms. The summed E-state index contributed by atoms with van der Waals surface area (Å²) in [6.07, 6.45) is 0.369. The van der Waals surface area contributed by atoms with Crippen LogP contribution in [0.25, 0.3) is 0 Å². The molecule has 0 N–H and O–H groups in total. The molecule has 0 aromatic heterocycles. The third-order valence-corrected chi connectivity index (χ3v) is 4.34. The Morgan fingerprint density at radius 2 is 2.29 bits per heavy atom. The van der Waals surface area contributed by atoms with Gasteiger partial charge in [-0.25, -0.2) is 4.39 Å². The first-order valence-corrected chi connectivity index (χ1v) is 7.00. The van der Waals surface area contributed by atoms with E-state index >= 15 is 0 Å². The maximum atomic E-state index is 13.2. The standard InChI is InChI=1S/C12H14BrFO2S/c1-8(6-11(15)16-2)17-7-9-4-3-5-10(14)12(9)13/h3-5,8H,6-7H2,1-2H3. The second-order valence-corrected chi connectivity index (χ2v) is 5.83. The normalized spacial score (nSPS) is 12.2. The number of hydrogen-bond donors (Lipinski definition) is 0. The molecule has 0 aliphatic rings. The number of halogens is 2. The van der Waals surface area contributed by atoms with Crippen LogP contribution in [-0.4, -0.2) is 18.3 Å². The summed E-state index contributed by atoms with van der Waals surface area (Å²) in [4.78, 5) is 11.0. The minimum Gasteiger partial charge on any atom is -0.469 e. The van der Waals surface area contributed by atoms with Crippen LogP contribution in [0.15, 0.2) is 22.7 Å². The highest BCUT2D eigenvalue weighted by Crippen LogP contribution is 2.27. The summed E-state index contributed by atoms with van der Waals surface area (Å²) in [6.45, 7) is 1.95. The number of methoxy groups -OCH3 is 1. The molecule has 1 rings (SSSR count). The van der Waals surface area contributed by atoms with Gasteiger partial charge in [-0.15, -0.1) is 0 Å². The minimum absolute atomic E-state index is 0.151. The van der Waals surface area contributed by atoms with Crippen LogP contribution in [0.2, 0.25) is 0 Å². The van der Waals surface area contributed by atoms with Crippen LogP contribution < -0.4 is 0 Å². The van der Waals surface area contributed by atoms with Crippen molar-refractivity contribution in [2.75, 3.05) is 7.11 Å². The molecule has 2 nitrogen and oxygen atoms in total. The van der Waals surface area contributed by atoms with E-state index in [1.54, 1.807) is 17.8 Å². The van der Waals surface area contributed by atoms with Crippen molar-refractivity contribution in [3.8, 4) is 0 Å². The van der Waals surface area contributed by atoms with Gasteiger partial charge in [-0.1, -0.05) is 19.1 Å². The Morgan fingerprint density at radius 1 is 1.59 bits per heavy atom. The summed E-state index contributed by atoms with van der Waals surface area (Å²) in [5, 5.41) is 0.151. The number of hydrogen-bond acceptors (Lipinski definition) is 3. The van der Waals surface area contributed by atoms with E-state index in [-0.39, 0.29) is 17.0 Å². The third-order valence-electron chi connectivity index (χ3n) is 2.24. The molecule has 0 aliphatic heterocycles. The van der Waals surface area contributed by atoms with Crippen molar-refractivity contribution in [1.29, 1.82) is 0 Å². The second kappa shape index (κ2) is 7.01. The van der Waals surface area contributed by atoms with Crippen molar-refractivity contribution in [1.82, 2.24) is 0 Å². The molecule has 94 valence electrons. The first kappa shape index (κ1) is 14.5. The van der Waals surface area contributed by atoms with Gasteiger partial charge >= 0.3 is 5.97 Å². The lowest BCUT2D eigenvalue weighted by atomic mass is 10.2. The number of ether oxygens (including phenoxy) is 1. The van der Waals surface area contributed by atoms with Crippen LogP contribution in [0.5, 0.6) is 0 Å². The van der Waals surface area contributed by atoms with Crippen LogP contribution in [0, 0.1) is 5.82 Å². The smallest absolute Gasteiger partial charge is 0.306 e. The van der Waals surface area contributed by atoms with E-state index in [4.69, 9.17) is 0 Å². The Labute approximate surface area is 113 Å². The van der Waals surface area contributed by atoms with Crippen molar-refractivity contribution < 1.29 is 13.9 Å². The summed E-state index contributed by atoms with van der Waals surface area (Å²) in [5.74, 6) is 0.184. The Bertz CT molecular complexity index is 398. The van der Waals surface area contributed by atoms with Crippen molar-refractivity contribution in [3.05, 3.63) is 34.1 Å². The quantitative estimate of drug-likeness (QED) is 0.772. The molecular formula is C12H14BrFO2S. The molecule has 1 aromatic rings. The van der Waals surface area contributed by atoms with Crippen molar-refractivity contribution >= 4 is 33.7 Å². The van der Waals surface area contributed by atoms with Gasteiger partial charge in [-0.3, -0.25) is 4.79 Å². The number of rotatable bonds is 5. The zero-order valence-corrected chi connectivity index (χ0v) is 12.1. The Morgan fingerprint density at radius 3 is 2.94 bits per heavy atom. The molecule has 17 heavy (non-hydrogen) atoms. The number of carbonyl (C=O) groups excluding carboxylic acids is 1. The molecule has 0 heterocycles. The van der Waals surface area contributed by atoms with Gasteiger partial charge in [0.05, 0.1) is 18.0 Å². The molecular weight excluding hydrogens is 307 g/mol. The van der Waals surface area contributed by atoms with Crippen LogP contribution in [0.3, 0.4) is 0 Å². The highest BCUT2D eigenvalue weighted by molar-refractivity contribution is 9.10. The lowest BCUT2D eigenvalue weighted by Crippen LogP contribution is -2.08. The molecule has 0 saturated heterocycles. The number of thioether (sulfide) groups is 1. The third kappa shape index (κ3) is 4.68. The molecule has 0 aliphatic carbocycles. The average Bonchev–Trinajstić information content (AvgIpc) is 2.31. The summed E-state index contributed by atoms with van der Waals surface area (Å²) in [6, 6.07) is 4.96. The zero-order chi connectivity index (χ0) is 12.8. The zero-order valence-electron chi connectivity index (χ0n) is 9.70. The topological polar surface area (TPSA) is 26.3 Å². The number of benzene rings is 1. The van der Waals surface area contributed by atoms with E-state index in [2.05, 4.69) is 20.7 Å². The molecule has 1 aromatic carbocycles. The minimum atomic E-state index is -0.260. The van der Waals surface area contributed by atoms with Gasteiger partial charge in [0, 0.05) is 11.0 Å². The van der Waals surface area contributed by atoms with Crippen molar-refractivity contribution in [2.24, 2.45) is 0 Å². The fraction of sp³-hybridized carbons (Fsp3) is 0.417. The predicted molar refractivity (Wildman–Crippen MR) is 71.5 cm³/mol. The van der Waals surface area contributed by atoms with Crippen LogP contribution in [0.4, 0.5) is 4.39 Å². The number of esters is 1. The van der Waals surface area contributed by atoms with E-state index in [0.717, 1.165) is 5.56 Å². The highest BCUT2D eigenvalue weighted by atomic mass is 79.9. The van der Waals surface area contributed by atoms with Gasteiger partial charge in [-0.2, -0.15) is 11.8 Å². The molecule has 0 amide bonds. The van der Waals surface area contributed by atoms with E-state index in [0.29, 0.717) is 16.6 Å². The fourth-order valence-electron chi connectivity index (χ4n) is 1.27. The first-order chi connectivity index (χ1) is 8.04. The number of carbonyl (C=O) groups is 1. The van der Waals surface area contributed by atoms with E-state index < -0.39 is 0 Å². The monoisotopic (exact) mass is 320 g/mol. The fourth-order valence-corrected chi connectivity index (χ4v) is 2.82. The van der Waals surface area contributed by atoms with Crippen molar-refractivity contribution in [2.45, 2.75) is 24.3 Å². The lowest BCUT2D eigenvalue weighted by Gasteiger charge is -2.10. The molecule has 0 saturated carbocycles. The largest absolute Gasteiger partial charge is 0.469 e. The highest BCUT2D eigenvalue weighted by Gasteiger charge is 2.11. The van der Waals surface area contributed by atoms with Crippen LogP contribution in [0.1, 0.15) is 18.9 Å². The molecule has 1 atom stereocenters. The summed E-state index contributed by atoms with van der Waals surface area (Å²) in [7, 11) is 1.38. The molecule has 0 bridgehead atoms. The van der Waals surface area contributed by atoms with Gasteiger partial charge in [0.1, 0.15) is 5.82 Å².